The second-order valence-corrected chi connectivity index (χ2v) is 11.7. The van der Waals surface area contributed by atoms with Crippen molar-refractivity contribution in [3.8, 4) is 0 Å². The van der Waals surface area contributed by atoms with Crippen LogP contribution in [0, 0.1) is 23.2 Å². The van der Waals surface area contributed by atoms with Gasteiger partial charge in [0.15, 0.2) is 0 Å². The molecule has 0 N–H and O–H groups in total. The number of esters is 1. The Kier molecular flexibility index (Phi) is 4.18. The van der Waals surface area contributed by atoms with Gasteiger partial charge in [-0.15, -0.1) is 11.6 Å². The SMILES string of the molecule is C[N+]12CCCC[C@H]1[C@@H](COC(=O)C13C[C@@H]4C[C@H](CC(Cl)(C4)C1)C3)CCC2. The van der Waals surface area contributed by atoms with E-state index in [9.17, 15) is 4.79 Å². The van der Waals surface area contributed by atoms with Crippen molar-refractivity contribution in [3.63, 3.8) is 0 Å². The molecule has 6 fully saturated rings. The van der Waals surface area contributed by atoms with Crippen molar-refractivity contribution in [1.82, 2.24) is 0 Å². The number of alkyl halides is 1. The number of hydrogen-bond acceptors (Lipinski definition) is 2. The molecule has 6 aliphatic rings. The number of piperidine rings is 2. The van der Waals surface area contributed by atoms with Crippen molar-refractivity contribution < 1.29 is 14.0 Å². The van der Waals surface area contributed by atoms with Crippen LogP contribution in [-0.2, 0) is 9.53 Å². The fourth-order valence-electron chi connectivity index (χ4n) is 8.15. The summed E-state index contributed by atoms with van der Waals surface area (Å²) in [4.78, 5) is 13.1. The Morgan fingerprint density at radius 3 is 2.54 bits per heavy atom. The maximum Gasteiger partial charge on any atom is 0.312 e. The Morgan fingerprint density at radius 2 is 1.81 bits per heavy atom. The zero-order valence-electron chi connectivity index (χ0n) is 16.4. The van der Waals surface area contributed by atoms with E-state index in [2.05, 4.69) is 7.05 Å². The number of carbonyl (C=O) groups excluding carboxylic acids is 1. The third kappa shape index (κ3) is 2.83. The minimum atomic E-state index is -0.245. The van der Waals surface area contributed by atoms with Crippen molar-refractivity contribution in [3.05, 3.63) is 0 Å². The average Bonchev–Trinajstić information content (AvgIpc) is 2.56. The molecule has 5 atom stereocenters. The summed E-state index contributed by atoms with van der Waals surface area (Å²) in [5.41, 5.74) is -0.245. The molecule has 6 rings (SSSR count). The molecule has 4 heteroatoms. The van der Waals surface area contributed by atoms with Crippen molar-refractivity contribution in [1.29, 1.82) is 0 Å². The lowest BCUT2D eigenvalue weighted by Crippen LogP contribution is -2.61. The third-order valence-electron chi connectivity index (χ3n) is 8.86. The molecular formula is C22H35ClNO2+. The lowest BCUT2D eigenvalue weighted by Gasteiger charge is -2.58. The molecule has 4 bridgehead atoms. The second-order valence-electron chi connectivity index (χ2n) is 10.9. The van der Waals surface area contributed by atoms with Gasteiger partial charge in [-0.2, -0.15) is 0 Å². The number of hydrogen-bond donors (Lipinski definition) is 0. The molecule has 0 radical (unpaired) electrons. The molecule has 4 aliphatic carbocycles. The topological polar surface area (TPSA) is 26.3 Å². The minimum absolute atomic E-state index is 0.104. The van der Waals surface area contributed by atoms with Gasteiger partial charge in [0, 0.05) is 17.2 Å². The summed E-state index contributed by atoms with van der Waals surface area (Å²) >= 11 is 6.91. The highest BCUT2D eigenvalue weighted by molar-refractivity contribution is 6.24. The van der Waals surface area contributed by atoms with Gasteiger partial charge in [-0.05, 0) is 76.0 Å². The Bertz CT molecular complexity index is 575. The first-order valence-electron chi connectivity index (χ1n) is 11.1. The van der Waals surface area contributed by atoms with E-state index < -0.39 is 0 Å². The largest absolute Gasteiger partial charge is 0.465 e. The van der Waals surface area contributed by atoms with Gasteiger partial charge >= 0.3 is 5.97 Å². The molecule has 0 aromatic heterocycles. The smallest absolute Gasteiger partial charge is 0.312 e. The predicted octanol–water partition coefficient (Wildman–Crippen LogP) is 4.52. The van der Waals surface area contributed by atoms with Crippen LogP contribution in [0.3, 0.4) is 0 Å². The molecule has 2 aliphatic heterocycles. The van der Waals surface area contributed by atoms with Gasteiger partial charge in [0.2, 0.25) is 0 Å². The summed E-state index contributed by atoms with van der Waals surface area (Å²) in [7, 11) is 2.44. The van der Waals surface area contributed by atoms with Crippen LogP contribution in [0.15, 0.2) is 0 Å². The Labute approximate surface area is 163 Å². The molecule has 3 nitrogen and oxygen atoms in total. The molecule has 26 heavy (non-hydrogen) atoms. The highest BCUT2D eigenvalue weighted by atomic mass is 35.5. The molecule has 0 amide bonds. The molecule has 1 unspecified atom stereocenters. The predicted molar refractivity (Wildman–Crippen MR) is 103 cm³/mol. The van der Waals surface area contributed by atoms with Crippen LogP contribution in [-0.4, -0.2) is 48.1 Å². The summed E-state index contributed by atoms with van der Waals surface area (Å²) in [5.74, 6) is 1.99. The van der Waals surface area contributed by atoms with Crippen LogP contribution in [0.5, 0.6) is 0 Å². The Balaban J connectivity index is 1.26. The molecule has 0 aromatic rings. The van der Waals surface area contributed by atoms with Gasteiger partial charge < -0.3 is 9.22 Å². The molecule has 0 aromatic carbocycles. The number of nitrogens with zero attached hydrogens (tertiary/aromatic N) is 1. The molecule has 0 spiro atoms. The first kappa shape index (κ1) is 17.8. The standard InChI is InChI=1S/C22H35ClNO2/c1-24-7-3-2-6-19(24)18(5-4-8-24)14-26-20(25)21-10-16-9-17(11-21)13-22(23,12-16)15-21/h16-19H,2-15H2,1H3/q+1/t16-,17-,18+,19-,21?,22?,24?/m0/s1. The maximum absolute atomic E-state index is 13.2. The minimum Gasteiger partial charge on any atom is -0.465 e. The van der Waals surface area contributed by atoms with Crippen molar-refractivity contribution >= 4 is 17.6 Å². The molecule has 2 saturated heterocycles. The fourth-order valence-corrected chi connectivity index (χ4v) is 8.85. The van der Waals surface area contributed by atoms with Crippen LogP contribution >= 0.6 is 11.6 Å². The monoisotopic (exact) mass is 380 g/mol. The van der Waals surface area contributed by atoms with Gasteiger partial charge in [-0.3, -0.25) is 4.79 Å². The van der Waals surface area contributed by atoms with Crippen LogP contribution in [0.2, 0.25) is 0 Å². The van der Waals surface area contributed by atoms with E-state index >= 15 is 0 Å². The first-order valence-corrected chi connectivity index (χ1v) is 11.5. The summed E-state index contributed by atoms with van der Waals surface area (Å²) in [6, 6.07) is 0.709. The lowest BCUT2D eigenvalue weighted by molar-refractivity contribution is -0.947. The zero-order chi connectivity index (χ0) is 18.0. The molecule has 4 saturated carbocycles. The van der Waals surface area contributed by atoms with E-state index in [1.807, 2.05) is 0 Å². The van der Waals surface area contributed by atoms with Crippen molar-refractivity contribution in [2.75, 3.05) is 26.7 Å². The number of quaternary nitrogens is 1. The zero-order valence-corrected chi connectivity index (χ0v) is 17.1. The number of fused-ring (bicyclic) bond motifs is 1. The lowest BCUT2D eigenvalue weighted by atomic mass is 9.49. The normalized spacial score (nSPS) is 52.5. The van der Waals surface area contributed by atoms with E-state index in [0.717, 1.165) is 32.1 Å². The number of rotatable bonds is 3. The van der Waals surface area contributed by atoms with Gasteiger partial charge in [-0.25, -0.2) is 0 Å². The molecule has 146 valence electrons. The van der Waals surface area contributed by atoms with Gasteiger partial charge in [0.1, 0.15) is 0 Å². The number of ether oxygens (including phenoxy) is 1. The summed E-state index contributed by atoms with van der Waals surface area (Å²) in [5, 5.41) is 0. The van der Waals surface area contributed by atoms with Crippen LogP contribution in [0.25, 0.3) is 0 Å². The summed E-state index contributed by atoms with van der Waals surface area (Å²) in [6.45, 7) is 3.29. The van der Waals surface area contributed by atoms with E-state index in [1.165, 1.54) is 56.1 Å². The second kappa shape index (κ2) is 6.11. The Hall–Kier alpha value is -0.280. The summed E-state index contributed by atoms with van der Waals surface area (Å²) < 4.78 is 7.32. The molecule has 2 heterocycles. The highest BCUT2D eigenvalue weighted by Gasteiger charge is 2.61. The average molecular weight is 381 g/mol. The van der Waals surface area contributed by atoms with Crippen LogP contribution in [0.4, 0.5) is 0 Å². The summed E-state index contributed by atoms with van der Waals surface area (Å²) in [6.07, 6.45) is 13.1. The van der Waals surface area contributed by atoms with Crippen LogP contribution < -0.4 is 0 Å². The van der Waals surface area contributed by atoms with E-state index in [4.69, 9.17) is 16.3 Å². The first-order chi connectivity index (χ1) is 12.4. The maximum atomic E-state index is 13.2. The fraction of sp³-hybridized carbons (Fsp3) is 0.955. The van der Waals surface area contributed by atoms with Gasteiger partial charge in [-0.1, -0.05) is 0 Å². The van der Waals surface area contributed by atoms with Gasteiger partial charge in [0.25, 0.3) is 0 Å². The molecular weight excluding hydrogens is 346 g/mol. The third-order valence-corrected chi connectivity index (χ3v) is 9.30. The van der Waals surface area contributed by atoms with E-state index in [-0.39, 0.29) is 16.3 Å². The van der Waals surface area contributed by atoms with E-state index in [0.29, 0.717) is 30.4 Å². The van der Waals surface area contributed by atoms with Crippen LogP contribution in [0.1, 0.15) is 70.6 Å². The number of carbonyl (C=O) groups is 1. The Morgan fingerprint density at radius 1 is 1.08 bits per heavy atom. The number of halogens is 1. The highest BCUT2D eigenvalue weighted by Crippen LogP contribution is 2.64. The van der Waals surface area contributed by atoms with E-state index in [1.54, 1.807) is 0 Å². The quantitative estimate of drug-likeness (QED) is 0.409. The van der Waals surface area contributed by atoms with Crippen molar-refractivity contribution in [2.24, 2.45) is 23.2 Å². The van der Waals surface area contributed by atoms with Crippen molar-refractivity contribution in [2.45, 2.75) is 81.5 Å². The van der Waals surface area contributed by atoms with Gasteiger partial charge in [0.05, 0.1) is 38.2 Å².